The van der Waals surface area contributed by atoms with Crippen molar-refractivity contribution in [3.63, 3.8) is 0 Å². The van der Waals surface area contributed by atoms with Crippen LogP contribution in [-0.4, -0.2) is 40.5 Å². The van der Waals surface area contributed by atoms with Crippen molar-refractivity contribution < 1.29 is 4.74 Å². The molecular formula is C21H23Br2N3OS. The highest BCUT2D eigenvalue weighted by Crippen LogP contribution is 2.51. The molecule has 1 aromatic carbocycles. The van der Waals surface area contributed by atoms with E-state index in [1.165, 1.54) is 16.2 Å². The van der Waals surface area contributed by atoms with Gasteiger partial charge in [0.05, 0.1) is 20.4 Å². The minimum absolute atomic E-state index is 0.239. The molecule has 3 aliphatic rings. The lowest BCUT2D eigenvalue weighted by atomic mass is 9.91. The molecule has 1 spiro atoms. The van der Waals surface area contributed by atoms with Crippen LogP contribution in [0.3, 0.4) is 0 Å². The van der Waals surface area contributed by atoms with Crippen molar-refractivity contribution in [1.29, 1.82) is 0 Å². The van der Waals surface area contributed by atoms with E-state index >= 15 is 0 Å². The van der Waals surface area contributed by atoms with Crippen LogP contribution in [0.2, 0.25) is 0 Å². The number of fused-ring (bicyclic) bond motifs is 4. The average molecular weight is 525 g/mol. The normalized spacial score (nSPS) is 23.5. The summed E-state index contributed by atoms with van der Waals surface area (Å²) in [7, 11) is 0. The van der Waals surface area contributed by atoms with E-state index in [2.05, 4.69) is 85.9 Å². The molecule has 0 saturated carbocycles. The van der Waals surface area contributed by atoms with Crippen LogP contribution in [0.25, 0.3) is 0 Å². The van der Waals surface area contributed by atoms with E-state index in [-0.39, 0.29) is 11.8 Å². The predicted molar refractivity (Wildman–Crippen MR) is 121 cm³/mol. The van der Waals surface area contributed by atoms with Gasteiger partial charge in [-0.2, -0.15) is 5.10 Å². The van der Waals surface area contributed by atoms with E-state index in [0.717, 1.165) is 46.4 Å². The number of likely N-dealkylation sites (tertiary alicyclic amines) is 1. The average Bonchev–Trinajstić information content (AvgIpc) is 3.30. The van der Waals surface area contributed by atoms with E-state index < -0.39 is 0 Å². The second kappa shape index (κ2) is 7.11. The number of hydrogen-bond acceptors (Lipinski definition) is 5. The van der Waals surface area contributed by atoms with Crippen LogP contribution in [0.5, 0.6) is 5.75 Å². The van der Waals surface area contributed by atoms with Crippen molar-refractivity contribution in [2.24, 2.45) is 5.10 Å². The molecule has 5 rings (SSSR count). The van der Waals surface area contributed by atoms with Gasteiger partial charge in [0, 0.05) is 48.4 Å². The third-order valence-corrected chi connectivity index (χ3v) is 8.29. The fraction of sp³-hybridized carbons (Fsp3) is 0.476. The number of rotatable bonds is 2. The number of halogens is 2. The Balaban J connectivity index is 1.54. The van der Waals surface area contributed by atoms with Crippen LogP contribution in [0, 0.1) is 0 Å². The maximum Gasteiger partial charge on any atom is 0.200 e. The van der Waals surface area contributed by atoms with Gasteiger partial charge in [0.25, 0.3) is 0 Å². The molecule has 1 saturated heterocycles. The molecule has 1 unspecified atom stereocenters. The molecule has 1 aromatic heterocycles. The predicted octanol–water partition coefficient (Wildman–Crippen LogP) is 6.02. The molecule has 0 amide bonds. The standard InChI is InChI=1S/C21H23Br2N3OS/c1-13(2)25-9-7-21(8-10-25)26-17(15-11-14(22)3-4-18(15)27-21)12-16(24-26)19-5-6-20(23)28-19/h3-6,11,13,17H,7-10,12H2,1-2H3. The smallest absolute Gasteiger partial charge is 0.200 e. The molecule has 4 heterocycles. The summed E-state index contributed by atoms with van der Waals surface area (Å²) in [6.45, 7) is 6.64. The summed E-state index contributed by atoms with van der Waals surface area (Å²) >= 11 is 8.99. The number of thiophene rings is 1. The summed E-state index contributed by atoms with van der Waals surface area (Å²) in [5, 5.41) is 7.44. The Morgan fingerprint density at radius 2 is 1.96 bits per heavy atom. The Kier molecular flexibility index (Phi) is 4.85. The topological polar surface area (TPSA) is 28.1 Å². The summed E-state index contributed by atoms with van der Waals surface area (Å²) in [4.78, 5) is 3.78. The summed E-state index contributed by atoms with van der Waals surface area (Å²) < 4.78 is 8.95. The van der Waals surface area contributed by atoms with Crippen LogP contribution in [0.1, 0.15) is 49.6 Å². The molecule has 2 aromatic rings. The van der Waals surface area contributed by atoms with E-state index in [0.29, 0.717) is 6.04 Å². The largest absolute Gasteiger partial charge is 0.466 e. The Morgan fingerprint density at radius 3 is 2.64 bits per heavy atom. The van der Waals surface area contributed by atoms with Gasteiger partial charge in [0.2, 0.25) is 5.72 Å². The summed E-state index contributed by atoms with van der Waals surface area (Å²) in [6, 6.07) is 11.5. The SMILES string of the molecule is CC(C)N1CCC2(CC1)Oc1ccc(Br)cc1C1CC(c3ccc(Br)s3)=NN12. The highest BCUT2D eigenvalue weighted by Gasteiger charge is 2.52. The first kappa shape index (κ1) is 19.1. The van der Waals surface area contributed by atoms with Crippen molar-refractivity contribution in [3.8, 4) is 5.75 Å². The first-order valence-corrected chi connectivity index (χ1v) is 12.2. The minimum atomic E-state index is -0.340. The third-order valence-electron chi connectivity index (χ3n) is 6.13. The molecule has 3 aliphatic heterocycles. The van der Waals surface area contributed by atoms with Gasteiger partial charge in [-0.1, -0.05) is 15.9 Å². The molecule has 1 fully saturated rings. The number of hydrazone groups is 1. The molecule has 0 N–H and O–H groups in total. The van der Waals surface area contributed by atoms with Crippen LogP contribution >= 0.6 is 43.2 Å². The van der Waals surface area contributed by atoms with Crippen LogP contribution in [0.15, 0.2) is 43.7 Å². The highest BCUT2D eigenvalue weighted by molar-refractivity contribution is 9.11. The number of piperidine rings is 1. The monoisotopic (exact) mass is 523 g/mol. The van der Waals surface area contributed by atoms with E-state index in [9.17, 15) is 0 Å². The second-order valence-electron chi connectivity index (χ2n) is 8.08. The van der Waals surface area contributed by atoms with Gasteiger partial charge in [-0.3, -0.25) is 0 Å². The van der Waals surface area contributed by atoms with Crippen molar-refractivity contribution in [2.45, 2.75) is 50.9 Å². The molecule has 1 atom stereocenters. The maximum absolute atomic E-state index is 6.71. The molecular weight excluding hydrogens is 502 g/mol. The van der Waals surface area contributed by atoms with Gasteiger partial charge in [0.1, 0.15) is 5.75 Å². The Labute approximate surface area is 186 Å². The van der Waals surface area contributed by atoms with Gasteiger partial charge in [-0.05, 0) is 60.1 Å². The zero-order chi connectivity index (χ0) is 19.5. The molecule has 148 valence electrons. The van der Waals surface area contributed by atoms with Gasteiger partial charge in [0.15, 0.2) is 0 Å². The second-order valence-corrected chi connectivity index (χ2v) is 11.5. The zero-order valence-electron chi connectivity index (χ0n) is 16.0. The van der Waals surface area contributed by atoms with Crippen LogP contribution in [0.4, 0.5) is 0 Å². The molecule has 0 bridgehead atoms. The minimum Gasteiger partial charge on any atom is -0.466 e. The fourth-order valence-electron chi connectivity index (χ4n) is 4.59. The fourth-order valence-corrected chi connectivity index (χ4v) is 6.35. The van der Waals surface area contributed by atoms with E-state index in [1.807, 2.05) is 0 Å². The Hall–Kier alpha value is -0.890. The molecule has 4 nitrogen and oxygen atoms in total. The van der Waals surface area contributed by atoms with Crippen molar-refractivity contribution in [2.75, 3.05) is 13.1 Å². The van der Waals surface area contributed by atoms with Gasteiger partial charge < -0.3 is 9.64 Å². The van der Waals surface area contributed by atoms with Gasteiger partial charge in [-0.15, -0.1) is 11.3 Å². The van der Waals surface area contributed by atoms with Crippen molar-refractivity contribution >= 4 is 48.9 Å². The maximum atomic E-state index is 6.71. The molecule has 7 heteroatoms. The third kappa shape index (κ3) is 3.15. The Bertz CT molecular complexity index is 933. The Morgan fingerprint density at radius 1 is 1.18 bits per heavy atom. The highest BCUT2D eigenvalue weighted by atomic mass is 79.9. The molecule has 0 aliphatic carbocycles. The lowest BCUT2D eigenvalue weighted by molar-refractivity contribution is -0.152. The number of benzene rings is 1. The number of nitrogens with zero attached hydrogens (tertiary/aromatic N) is 3. The van der Waals surface area contributed by atoms with E-state index in [4.69, 9.17) is 9.84 Å². The first-order chi connectivity index (χ1) is 13.4. The van der Waals surface area contributed by atoms with Crippen molar-refractivity contribution in [1.82, 2.24) is 9.91 Å². The number of hydrogen-bond donors (Lipinski definition) is 0. The van der Waals surface area contributed by atoms with E-state index in [1.54, 1.807) is 11.3 Å². The summed E-state index contributed by atoms with van der Waals surface area (Å²) in [5.74, 6) is 1.02. The zero-order valence-corrected chi connectivity index (χ0v) is 20.0. The number of ether oxygens (including phenoxy) is 1. The lowest BCUT2D eigenvalue weighted by Crippen LogP contribution is -2.59. The molecule has 0 radical (unpaired) electrons. The summed E-state index contributed by atoms with van der Waals surface area (Å²) in [5.41, 5.74) is 2.07. The first-order valence-electron chi connectivity index (χ1n) is 9.80. The van der Waals surface area contributed by atoms with Crippen LogP contribution in [-0.2, 0) is 0 Å². The summed E-state index contributed by atoms with van der Waals surface area (Å²) in [6.07, 6.45) is 2.87. The molecule has 28 heavy (non-hydrogen) atoms. The van der Waals surface area contributed by atoms with Crippen molar-refractivity contribution in [3.05, 3.63) is 49.0 Å². The quantitative estimate of drug-likeness (QED) is 0.481. The van der Waals surface area contributed by atoms with Gasteiger partial charge >= 0.3 is 0 Å². The van der Waals surface area contributed by atoms with Crippen LogP contribution < -0.4 is 4.74 Å². The van der Waals surface area contributed by atoms with Gasteiger partial charge in [-0.25, -0.2) is 5.01 Å². The lowest BCUT2D eigenvalue weighted by Gasteiger charge is -2.51.